The summed E-state index contributed by atoms with van der Waals surface area (Å²) in [6, 6.07) is 12.9. The summed E-state index contributed by atoms with van der Waals surface area (Å²) in [5, 5.41) is 11.0. The van der Waals surface area contributed by atoms with Crippen molar-refractivity contribution in [3.05, 3.63) is 75.8 Å². The van der Waals surface area contributed by atoms with Gasteiger partial charge < -0.3 is 0 Å². The minimum Gasteiger partial charge on any atom is -0.267 e. The molecule has 0 fully saturated rings. The Balaban J connectivity index is 2.19. The van der Waals surface area contributed by atoms with Gasteiger partial charge in [-0.25, -0.2) is 10.9 Å². The Morgan fingerprint density at radius 3 is 1.86 bits per heavy atom. The lowest BCUT2D eigenvalue weighted by Gasteiger charge is -2.14. The minimum atomic E-state index is -0.737. The molecule has 2 aromatic carbocycles. The largest absolute Gasteiger partial charge is 0.275 e. The third-order valence-electron chi connectivity index (χ3n) is 2.78. The Bertz CT molecular complexity index is 683. The Hall–Kier alpha value is -3.06. The molecule has 0 saturated heterocycles. The predicted octanol–water partition coefficient (Wildman–Crippen LogP) is 1.75. The molecular formula is C14H11N3O4. The van der Waals surface area contributed by atoms with E-state index in [4.69, 9.17) is 5.84 Å². The maximum atomic E-state index is 12.1. The van der Waals surface area contributed by atoms with Crippen LogP contribution in [-0.4, -0.2) is 21.7 Å². The number of imide groups is 1. The number of hydrogen-bond donors (Lipinski definition) is 1. The Kier molecular flexibility index (Phi) is 4.05. The monoisotopic (exact) mass is 285 g/mol. The van der Waals surface area contributed by atoms with Crippen LogP contribution in [0.5, 0.6) is 0 Å². The zero-order valence-electron chi connectivity index (χ0n) is 10.8. The number of carbonyl (C=O) groups excluding carboxylic acids is 2. The van der Waals surface area contributed by atoms with Crippen molar-refractivity contribution < 1.29 is 14.5 Å². The van der Waals surface area contributed by atoms with E-state index in [0.717, 1.165) is 0 Å². The van der Waals surface area contributed by atoms with Crippen molar-refractivity contribution in [2.75, 3.05) is 0 Å². The van der Waals surface area contributed by atoms with Crippen LogP contribution in [-0.2, 0) is 0 Å². The fourth-order valence-corrected chi connectivity index (χ4v) is 1.68. The summed E-state index contributed by atoms with van der Waals surface area (Å²) in [4.78, 5) is 34.0. The summed E-state index contributed by atoms with van der Waals surface area (Å²) in [7, 11) is 0. The number of nitro groups is 1. The lowest BCUT2D eigenvalue weighted by molar-refractivity contribution is -0.384. The first-order chi connectivity index (χ1) is 10.0. The van der Waals surface area contributed by atoms with Gasteiger partial charge in [0, 0.05) is 23.3 Å². The van der Waals surface area contributed by atoms with E-state index in [1.165, 1.54) is 36.4 Å². The number of hydrazine groups is 1. The van der Waals surface area contributed by atoms with Gasteiger partial charge in [0.1, 0.15) is 0 Å². The molecule has 0 atom stereocenters. The van der Waals surface area contributed by atoms with E-state index in [-0.39, 0.29) is 16.8 Å². The highest BCUT2D eigenvalue weighted by Crippen LogP contribution is 2.13. The van der Waals surface area contributed by atoms with Crippen LogP contribution in [0.15, 0.2) is 54.6 Å². The van der Waals surface area contributed by atoms with E-state index in [1.54, 1.807) is 18.2 Å². The lowest BCUT2D eigenvalue weighted by Crippen LogP contribution is -2.42. The van der Waals surface area contributed by atoms with Gasteiger partial charge in [0.05, 0.1) is 4.92 Å². The Morgan fingerprint density at radius 1 is 0.905 bits per heavy atom. The molecule has 0 bridgehead atoms. The Labute approximate surface area is 119 Å². The van der Waals surface area contributed by atoms with Gasteiger partial charge in [-0.2, -0.15) is 0 Å². The molecule has 0 spiro atoms. The van der Waals surface area contributed by atoms with Gasteiger partial charge in [0.25, 0.3) is 17.5 Å². The minimum absolute atomic E-state index is 0.0902. The van der Waals surface area contributed by atoms with Crippen LogP contribution in [0.4, 0.5) is 5.69 Å². The maximum Gasteiger partial charge on any atom is 0.275 e. The highest BCUT2D eigenvalue weighted by atomic mass is 16.6. The van der Waals surface area contributed by atoms with Crippen LogP contribution in [0.2, 0.25) is 0 Å². The molecule has 106 valence electrons. The van der Waals surface area contributed by atoms with Crippen LogP contribution in [0.1, 0.15) is 20.7 Å². The van der Waals surface area contributed by atoms with E-state index < -0.39 is 16.7 Å². The summed E-state index contributed by atoms with van der Waals surface area (Å²) in [5.74, 6) is 4.13. The molecular weight excluding hydrogens is 274 g/mol. The number of benzene rings is 2. The highest BCUT2D eigenvalue weighted by Gasteiger charge is 2.21. The smallest absolute Gasteiger partial charge is 0.267 e. The highest BCUT2D eigenvalue weighted by molar-refractivity contribution is 6.09. The molecule has 0 aromatic heterocycles. The summed E-state index contributed by atoms with van der Waals surface area (Å²) in [5.41, 5.74) is 0.215. The van der Waals surface area contributed by atoms with Crippen molar-refractivity contribution in [1.29, 1.82) is 0 Å². The molecule has 0 heterocycles. The molecule has 0 aliphatic heterocycles. The first-order valence-corrected chi connectivity index (χ1v) is 5.93. The van der Waals surface area contributed by atoms with E-state index >= 15 is 0 Å². The fourth-order valence-electron chi connectivity index (χ4n) is 1.68. The molecule has 0 aliphatic rings. The predicted molar refractivity (Wildman–Crippen MR) is 74.2 cm³/mol. The van der Waals surface area contributed by atoms with E-state index in [1.807, 2.05) is 0 Å². The van der Waals surface area contributed by atoms with E-state index in [0.29, 0.717) is 5.01 Å². The second kappa shape index (κ2) is 5.93. The molecule has 2 amide bonds. The van der Waals surface area contributed by atoms with Gasteiger partial charge in [0.15, 0.2) is 0 Å². The van der Waals surface area contributed by atoms with Crippen molar-refractivity contribution >= 4 is 17.5 Å². The van der Waals surface area contributed by atoms with Crippen LogP contribution in [0, 0.1) is 10.1 Å². The number of carbonyl (C=O) groups is 2. The number of rotatable bonds is 3. The lowest BCUT2D eigenvalue weighted by atomic mass is 10.1. The third kappa shape index (κ3) is 3.10. The van der Waals surface area contributed by atoms with Crippen molar-refractivity contribution in [1.82, 2.24) is 5.01 Å². The number of nitrogens with zero attached hydrogens (tertiary/aromatic N) is 2. The molecule has 0 unspecified atom stereocenters. The van der Waals surface area contributed by atoms with Gasteiger partial charge in [-0.05, 0) is 24.3 Å². The topological polar surface area (TPSA) is 107 Å². The first-order valence-electron chi connectivity index (χ1n) is 5.93. The second-order valence-electron chi connectivity index (χ2n) is 4.15. The van der Waals surface area contributed by atoms with Gasteiger partial charge >= 0.3 is 0 Å². The quantitative estimate of drug-likeness (QED) is 0.304. The third-order valence-corrected chi connectivity index (χ3v) is 2.78. The average Bonchev–Trinajstić information content (AvgIpc) is 2.53. The average molecular weight is 285 g/mol. The zero-order chi connectivity index (χ0) is 15.4. The zero-order valence-corrected chi connectivity index (χ0v) is 10.8. The molecule has 2 rings (SSSR count). The number of amides is 2. The van der Waals surface area contributed by atoms with Crippen LogP contribution < -0.4 is 5.84 Å². The summed E-state index contributed by atoms with van der Waals surface area (Å²) >= 11 is 0. The number of nitrogens with two attached hydrogens (primary N) is 1. The van der Waals surface area contributed by atoms with Gasteiger partial charge in [-0.1, -0.05) is 18.2 Å². The normalized spacial score (nSPS) is 9.95. The summed E-state index contributed by atoms with van der Waals surface area (Å²) < 4.78 is 0. The van der Waals surface area contributed by atoms with Gasteiger partial charge in [-0.3, -0.25) is 19.7 Å². The molecule has 2 N–H and O–H groups in total. The maximum absolute atomic E-state index is 12.1. The van der Waals surface area contributed by atoms with Crippen molar-refractivity contribution in [3.8, 4) is 0 Å². The molecule has 2 aromatic rings. The number of non-ortho nitro benzene ring substituents is 1. The van der Waals surface area contributed by atoms with Crippen molar-refractivity contribution in [2.45, 2.75) is 0 Å². The second-order valence-corrected chi connectivity index (χ2v) is 4.15. The van der Waals surface area contributed by atoms with Gasteiger partial charge in [0.2, 0.25) is 0 Å². The van der Waals surface area contributed by atoms with E-state index in [2.05, 4.69) is 0 Å². The number of nitro benzene ring substituents is 1. The van der Waals surface area contributed by atoms with Crippen LogP contribution in [0.25, 0.3) is 0 Å². The fraction of sp³-hybridized carbons (Fsp3) is 0. The standard InChI is InChI=1S/C14H11N3O4/c15-16(13(18)10-4-2-1-3-5-10)14(19)11-6-8-12(9-7-11)17(20)21/h1-9H,15H2. The summed E-state index contributed by atoms with van der Waals surface area (Å²) in [6.45, 7) is 0. The molecule has 7 nitrogen and oxygen atoms in total. The Morgan fingerprint density at radius 2 is 1.38 bits per heavy atom. The van der Waals surface area contributed by atoms with Crippen molar-refractivity contribution in [3.63, 3.8) is 0 Å². The van der Waals surface area contributed by atoms with Gasteiger partial charge in [-0.15, -0.1) is 0 Å². The van der Waals surface area contributed by atoms with Crippen molar-refractivity contribution in [2.24, 2.45) is 5.84 Å². The molecule has 7 heteroatoms. The SMILES string of the molecule is NN(C(=O)c1ccccc1)C(=O)c1ccc([N+](=O)[O-])cc1. The van der Waals surface area contributed by atoms with E-state index in [9.17, 15) is 19.7 Å². The molecule has 0 radical (unpaired) electrons. The number of hydrogen-bond acceptors (Lipinski definition) is 5. The van der Waals surface area contributed by atoms with Crippen LogP contribution in [0.3, 0.4) is 0 Å². The summed E-state index contributed by atoms with van der Waals surface area (Å²) in [6.07, 6.45) is 0. The molecule has 21 heavy (non-hydrogen) atoms. The molecule has 0 aliphatic carbocycles. The first kappa shape index (κ1) is 14.4. The van der Waals surface area contributed by atoms with Crippen LogP contribution >= 0.6 is 0 Å². The molecule has 0 saturated carbocycles.